The lowest BCUT2D eigenvalue weighted by Crippen LogP contribution is -2.45. The molecule has 3 heteroatoms. The van der Waals surface area contributed by atoms with Gasteiger partial charge in [0, 0.05) is 14.9 Å². The van der Waals surface area contributed by atoms with E-state index in [4.69, 9.17) is 0 Å². The van der Waals surface area contributed by atoms with Crippen LogP contribution in [0.15, 0.2) is 0 Å². The first-order valence-corrected chi connectivity index (χ1v) is 8.15. The average molecular weight is 291 g/mol. The second kappa shape index (κ2) is 5.40. The summed E-state index contributed by atoms with van der Waals surface area (Å²) in [6.07, 6.45) is 0. The van der Waals surface area contributed by atoms with Crippen molar-refractivity contribution in [1.82, 2.24) is 0 Å². The minimum atomic E-state index is -0.344. The number of rotatable bonds is 4. The SMILES string of the molecule is CC(=O)C(C)(C)C(C)(SC(C)(C)C)SC(C)(C)C. The summed E-state index contributed by atoms with van der Waals surface area (Å²) in [7, 11) is 0. The molecule has 0 N–H and O–H groups in total. The van der Waals surface area contributed by atoms with Gasteiger partial charge in [-0.15, -0.1) is 23.5 Å². The molecule has 0 saturated carbocycles. The van der Waals surface area contributed by atoms with E-state index in [1.807, 2.05) is 23.5 Å². The first kappa shape index (κ1) is 18.4. The number of hydrogen-bond donors (Lipinski definition) is 0. The lowest BCUT2D eigenvalue weighted by Gasteiger charge is -2.48. The maximum atomic E-state index is 12.1. The van der Waals surface area contributed by atoms with E-state index in [1.54, 1.807) is 6.92 Å². The molecule has 0 aliphatic rings. The number of hydrogen-bond acceptors (Lipinski definition) is 3. The van der Waals surface area contributed by atoms with Crippen LogP contribution in [0.5, 0.6) is 0 Å². The summed E-state index contributed by atoms with van der Waals surface area (Å²) in [4.78, 5) is 12.1. The molecule has 0 unspecified atom stereocenters. The largest absolute Gasteiger partial charge is 0.299 e. The molecule has 0 rings (SSSR count). The molecule has 0 aliphatic carbocycles. The Labute approximate surface area is 122 Å². The third-order valence-electron chi connectivity index (χ3n) is 3.02. The third kappa shape index (κ3) is 5.16. The molecule has 0 aromatic rings. The van der Waals surface area contributed by atoms with Gasteiger partial charge in [-0.05, 0) is 13.8 Å². The summed E-state index contributed by atoms with van der Waals surface area (Å²) in [6.45, 7) is 21.4. The summed E-state index contributed by atoms with van der Waals surface area (Å²) in [5, 5.41) is 0. The first-order chi connectivity index (χ1) is 7.61. The van der Waals surface area contributed by atoms with Crippen molar-refractivity contribution in [2.45, 2.75) is 82.8 Å². The Kier molecular flexibility index (Phi) is 5.51. The molecule has 0 aliphatic heterocycles. The quantitative estimate of drug-likeness (QED) is 0.647. The van der Waals surface area contributed by atoms with Gasteiger partial charge in [0.05, 0.1) is 4.08 Å². The van der Waals surface area contributed by atoms with Crippen molar-refractivity contribution >= 4 is 29.3 Å². The molecule has 0 heterocycles. The van der Waals surface area contributed by atoms with Crippen LogP contribution in [-0.2, 0) is 4.79 Å². The Morgan fingerprint density at radius 1 is 0.722 bits per heavy atom. The van der Waals surface area contributed by atoms with Crippen molar-refractivity contribution in [3.63, 3.8) is 0 Å². The highest BCUT2D eigenvalue weighted by Gasteiger charge is 2.49. The molecule has 0 atom stereocenters. The smallest absolute Gasteiger partial charge is 0.137 e. The predicted molar refractivity (Wildman–Crippen MR) is 87.6 cm³/mol. The number of Topliss-reactive ketones (excluding diaryl/α,β-unsaturated/α-hetero) is 1. The summed E-state index contributed by atoms with van der Waals surface area (Å²) in [6, 6.07) is 0. The van der Waals surface area contributed by atoms with Crippen LogP contribution in [0, 0.1) is 5.41 Å². The first-order valence-electron chi connectivity index (χ1n) is 6.52. The van der Waals surface area contributed by atoms with Crippen LogP contribution in [0.4, 0.5) is 0 Å². The zero-order chi connectivity index (χ0) is 15.0. The van der Waals surface area contributed by atoms with E-state index in [0.717, 1.165) is 0 Å². The number of carbonyl (C=O) groups excluding carboxylic acids is 1. The van der Waals surface area contributed by atoms with Crippen molar-refractivity contribution < 1.29 is 4.79 Å². The van der Waals surface area contributed by atoms with E-state index < -0.39 is 0 Å². The number of ketones is 1. The molecule has 0 aromatic carbocycles. The van der Waals surface area contributed by atoms with Crippen LogP contribution < -0.4 is 0 Å². The van der Waals surface area contributed by atoms with Crippen molar-refractivity contribution in [1.29, 1.82) is 0 Å². The normalized spacial score (nSPS) is 14.8. The van der Waals surface area contributed by atoms with Gasteiger partial charge < -0.3 is 0 Å². The van der Waals surface area contributed by atoms with Crippen molar-refractivity contribution in [3.8, 4) is 0 Å². The molecule has 0 spiro atoms. The second-order valence-electron chi connectivity index (χ2n) is 7.56. The maximum absolute atomic E-state index is 12.1. The molecule has 0 radical (unpaired) electrons. The van der Waals surface area contributed by atoms with Crippen molar-refractivity contribution in [3.05, 3.63) is 0 Å². The second-order valence-corrected chi connectivity index (χ2v) is 12.3. The molecule has 0 fully saturated rings. The highest BCUT2D eigenvalue weighted by Crippen LogP contribution is 2.57. The van der Waals surface area contributed by atoms with E-state index in [2.05, 4.69) is 62.3 Å². The summed E-state index contributed by atoms with van der Waals surface area (Å²) in [5.41, 5.74) is -0.344. The zero-order valence-corrected chi connectivity index (χ0v) is 15.4. The minimum absolute atomic E-state index is 0.130. The molecule has 0 bridgehead atoms. The molecule has 0 aromatic heterocycles. The van der Waals surface area contributed by atoms with E-state index in [0.29, 0.717) is 0 Å². The van der Waals surface area contributed by atoms with Crippen LogP contribution in [0.2, 0.25) is 0 Å². The average Bonchev–Trinajstić information content (AvgIpc) is 1.94. The highest BCUT2D eigenvalue weighted by molar-refractivity contribution is 8.19. The van der Waals surface area contributed by atoms with Gasteiger partial charge in [0.25, 0.3) is 0 Å². The lowest BCUT2D eigenvalue weighted by molar-refractivity contribution is -0.125. The van der Waals surface area contributed by atoms with Crippen LogP contribution in [-0.4, -0.2) is 19.4 Å². The Morgan fingerprint density at radius 2 is 1.00 bits per heavy atom. The Hall–Kier alpha value is 0.370. The maximum Gasteiger partial charge on any atom is 0.137 e. The molecule has 18 heavy (non-hydrogen) atoms. The van der Waals surface area contributed by atoms with Gasteiger partial charge in [0.2, 0.25) is 0 Å². The van der Waals surface area contributed by atoms with Crippen LogP contribution in [0.25, 0.3) is 0 Å². The van der Waals surface area contributed by atoms with Crippen LogP contribution >= 0.6 is 23.5 Å². The fourth-order valence-corrected chi connectivity index (χ4v) is 6.57. The highest BCUT2D eigenvalue weighted by atomic mass is 32.2. The number of thioether (sulfide) groups is 2. The molecule has 1 nitrogen and oxygen atoms in total. The predicted octanol–water partition coefficient (Wildman–Crippen LogP) is 5.38. The van der Waals surface area contributed by atoms with Gasteiger partial charge >= 0.3 is 0 Å². The lowest BCUT2D eigenvalue weighted by atomic mass is 9.85. The summed E-state index contributed by atoms with van der Waals surface area (Å²) in [5.74, 6) is 0.262. The van der Waals surface area contributed by atoms with Gasteiger partial charge in [-0.3, -0.25) is 4.79 Å². The van der Waals surface area contributed by atoms with Gasteiger partial charge in [-0.25, -0.2) is 0 Å². The monoisotopic (exact) mass is 290 g/mol. The topological polar surface area (TPSA) is 17.1 Å². The minimum Gasteiger partial charge on any atom is -0.299 e. The molecule has 0 amide bonds. The standard InChI is InChI=1S/C15H30OS2/c1-11(16)14(8,9)15(10,17-12(2,3)4)18-13(5,6)7/h1-10H3. The van der Waals surface area contributed by atoms with E-state index in [-0.39, 0.29) is 24.8 Å². The van der Waals surface area contributed by atoms with E-state index >= 15 is 0 Å². The van der Waals surface area contributed by atoms with Gasteiger partial charge in [-0.1, -0.05) is 55.4 Å². The van der Waals surface area contributed by atoms with Crippen molar-refractivity contribution in [2.75, 3.05) is 0 Å². The third-order valence-corrected chi connectivity index (χ3v) is 6.54. The van der Waals surface area contributed by atoms with Gasteiger partial charge in [0.1, 0.15) is 5.78 Å². The van der Waals surface area contributed by atoms with Crippen LogP contribution in [0.3, 0.4) is 0 Å². The van der Waals surface area contributed by atoms with Crippen LogP contribution in [0.1, 0.15) is 69.2 Å². The Morgan fingerprint density at radius 3 is 1.17 bits per heavy atom. The molecular formula is C15H30OS2. The molecule has 0 saturated heterocycles. The molecular weight excluding hydrogens is 260 g/mol. The fourth-order valence-electron chi connectivity index (χ4n) is 1.76. The molecule has 108 valence electrons. The van der Waals surface area contributed by atoms with Crippen molar-refractivity contribution in [2.24, 2.45) is 5.41 Å². The zero-order valence-electron chi connectivity index (χ0n) is 13.7. The van der Waals surface area contributed by atoms with Gasteiger partial charge in [-0.2, -0.15) is 0 Å². The van der Waals surface area contributed by atoms with E-state index in [1.165, 1.54) is 0 Å². The van der Waals surface area contributed by atoms with Gasteiger partial charge in [0.15, 0.2) is 0 Å². The van der Waals surface area contributed by atoms with E-state index in [9.17, 15) is 4.79 Å². The summed E-state index contributed by atoms with van der Waals surface area (Å²) < 4.78 is 0.148. The fraction of sp³-hybridized carbons (Fsp3) is 0.933. The Balaban J connectivity index is 5.49. The number of carbonyl (C=O) groups is 1. The summed E-state index contributed by atoms with van der Waals surface area (Å²) >= 11 is 3.82. The Bertz CT molecular complexity index is 289.